The summed E-state index contributed by atoms with van der Waals surface area (Å²) in [5.74, 6) is -0.222. The first-order valence-electron chi connectivity index (χ1n) is 19.8. The number of allylic oxidation sites excluding steroid dienone is 13. The molecule has 1 saturated heterocycles. The Bertz CT molecular complexity index is 1080. The van der Waals surface area contributed by atoms with Gasteiger partial charge >= 0.3 is 0 Å². The molecule has 1 heterocycles. The first-order valence-corrected chi connectivity index (χ1v) is 19.8. The smallest absolute Gasteiger partial charge is 0.220 e. The van der Waals surface area contributed by atoms with Gasteiger partial charge in [-0.05, 0) is 77.0 Å². The maximum absolute atomic E-state index is 12.9. The van der Waals surface area contributed by atoms with Crippen LogP contribution in [-0.2, 0) is 14.3 Å². The Kier molecular flexibility index (Phi) is 30.1. The summed E-state index contributed by atoms with van der Waals surface area (Å²) in [5.41, 5.74) is 0. The van der Waals surface area contributed by atoms with Crippen LogP contribution in [0.4, 0.5) is 0 Å². The van der Waals surface area contributed by atoms with Crippen LogP contribution in [0, 0.1) is 0 Å². The lowest BCUT2D eigenvalue weighted by Crippen LogP contribution is -2.60. The van der Waals surface area contributed by atoms with Gasteiger partial charge in [0, 0.05) is 6.42 Å². The van der Waals surface area contributed by atoms with E-state index in [2.05, 4.69) is 92.1 Å². The minimum absolute atomic E-state index is 0.222. The molecule has 0 saturated carbocycles. The number of ether oxygens (including phenoxy) is 2. The lowest BCUT2D eigenvalue weighted by atomic mass is 9.99. The zero-order valence-electron chi connectivity index (χ0n) is 32.0. The van der Waals surface area contributed by atoms with E-state index in [0.29, 0.717) is 12.8 Å². The summed E-state index contributed by atoms with van der Waals surface area (Å²) >= 11 is 0. The molecular weight excluding hydrogens is 658 g/mol. The van der Waals surface area contributed by atoms with Crippen molar-refractivity contribution in [2.24, 2.45) is 0 Å². The maximum Gasteiger partial charge on any atom is 0.220 e. The molecule has 296 valence electrons. The first kappa shape index (κ1) is 47.4. The second-order valence-corrected chi connectivity index (χ2v) is 13.3. The van der Waals surface area contributed by atoms with Crippen molar-refractivity contribution < 1.29 is 39.8 Å². The molecule has 0 spiro atoms. The van der Waals surface area contributed by atoms with Crippen LogP contribution in [0.15, 0.2) is 85.1 Å². The van der Waals surface area contributed by atoms with Crippen molar-refractivity contribution in [2.45, 2.75) is 166 Å². The summed E-state index contributed by atoms with van der Waals surface area (Å²) in [6.45, 7) is 3.53. The highest BCUT2D eigenvalue weighted by Gasteiger charge is 2.44. The van der Waals surface area contributed by atoms with E-state index < -0.39 is 49.5 Å². The number of carbonyl (C=O) groups excluding carboxylic acids is 1. The van der Waals surface area contributed by atoms with Crippen molar-refractivity contribution in [1.29, 1.82) is 0 Å². The fourth-order valence-electron chi connectivity index (χ4n) is 5.46. The molecule has 52 heavy (non-hydrogen) atoms. The maximum atomic E-state index is 12.9. The van der Waals surface area contributed by atoms with E-state index in [9.17, 15) is 30.3 Å². The van der Waals surface area contributed by atoms with Crippen LogP contribution in [0.2, 0.25) is 0 Å². The topological polar surface area (TPSA) is 149 Å². The van der Waals surface area contributed by atoms with Gasteiger partial charge in [0.1, 0.15) is 24.4 Å². The van der Waals surface area contributed by atoms with Gasteiger partial charge in [-0.1, -0.05) is 125 Å². The van der Waals surface area contributed by atoms with Crippen molar-refractivity contribution in [2.75, 3.05) is 13.2 Å². The zero-order chi connectivity index (χ0) is 38.1. The highest BCUT2D eigenvalue weighted by Crippen LogP contribution is 2.22. The molecule has 7 unspecified atom stereocenters. The van der Waals surface area contributed by atoms with Crippen LogP contribution < -0.4 is 5.32 Å². The quantitative estimate of drug-likeness (QED) is 0.0336. The number of amides is 1. The van der Waals surface area contributed by atoms with Gasteiger partial charge in [-0.3, -0.25) is 4.79 Å². The average Bonchev–Trinajstić information content (AvgIpc) is 3.14. The second kappa shape index (κ2) is 33.0. The summed E-state index contributed by atoms with van der Waals surface area (Å²) in [7, 11) is 0. The van der Waals surface area contributed by atoms with E-state index >= 15 is 0 Å². The van der Waals surface area contributed by atoms with E-state index in [4.69, 9.17) is 9.47 Å². The van der Waals surface area contributed by atoms with Crippen molar-refractivity contribution in [3.8, 4) is 0 Å². The van der Waals surface area contributed by atoms with Gasteiger partial charge in [0.15, 0.2) is 6.29 Å². The van der Waals surface area contributed by atoms with Gasteiger partial charge in [-0.25, -0.2) is 0 Å². The number of unbranched alkanes of at least 4 members (excludes halogenated alkanes) is 8. The number of carbonyl (C=O) groups is 1. The Morgan fingerprint density at radius 1 is 0.673 bits per heavy atom. The van der Waals surface area contributed by atoms with Crippen molar-refractivity contribution in [3.05, 3.63) is 85.1 Å². The van der Waals surface area contributed by atoms with Crippen LogP contribution in [0.3, 0.4) is 0 Å². The average molecular weight is 730 g/mol. The SMILES string of the molecule is CC/C=C\C/C=C\C/C=C\C/C=C\CCCCCCC(=O)NC(COC1OC(CO)C(O)C(O)C1O)C(O)/C=C/CC/C=C/CC/C=C/CCCC. The summed E-state index contributed by atoms with van der Waals surface area (Å²) in [4.78, 5) is 12.9. The van der Waals surface area contributed by atoms with Crippen LogP contribution in [0.1, 0.15) is 123 Å². The number of hydrogen-bond acceptors (Lipinski definition) is 8. The molecule has 1 fully saturated rings. The fourth-order valence-corrected chi connectivity index (χ4v) is 5.46. The largest absolute Gasteiger partial charge is 0.394 e. The number of aliphatic hydroxyl groups is 5. The van der Waals surface area contributed by atoms with Crippen molar-refractivity contribution in [1.82, 2.24) is 5.32 Å². The van der Waals surface area contributed by atoms with E-state index in [1.165, 1.54) is 12.8 Å². The van der Waals surface area contributed by atoms with Crippen LogP contribution in [0.5, 0.6) is 0 Å². The van der Waals surface area contributed by atoms with Crippen LogP contribution in [-0.4, -0.2) is 87.5 Å². The molecule has 0 aromatic rings. The standard InChI is InChI=1S/C43H71NO8/c1-3-5-7-9-11-13-15-17-18-19-20-21-23-25-27-29-31-33-39(47)44-36(35-51-43-42(50)41(49)40(48)38(34-45)52-43)37(46)32-30-28-26-24-22-16-14-12-10-8-6-4-2/h5,7,10-13,17-18,20-22,24,30,32,36-38,40-43,45-46,48-50H,3-4,6,8-9,14-16,19,23,25-29,31,33-35H2,1-2H3,(H,44,47)/b7-5-,12-10+,13-11-,18-17-,21-20-,24-22+,32-30+. The first-order chi connectivity index (χ1) is 25.3. The molecule has 1 rings (SSSR count). The molecule has 0 bridgehead atoms. The highest BCUT2D eigenvalue weighted by atomic mass is 16.7. The summed E-state index contributed by atoms with van der Waals surface area (Å²) in [6, 6.07) is -0.843. The predicted octanol–water partition coefficient (Wildman–Crippen LogP) is 7.21. The van der Waals surface area contributed by atoms with Crippen molar-refractivity contribution in [3.63, 3.8) is 0 Å². The predicted molar refractivity (Wildman–Crippen MR) is 211 cm³/mol. The van der Waals surface area contributed by atoms with Gasteiger partial charge in [0.2, 0.25) is 5.91 Å². The van der Waals surface area contributed by atoms with Crippen LogP contribution >= 0.6 is 0 Å². The molecule has 0 radical (unpaired) electrons. The van der Waals surface area contributed by atoms with E-state index in [1.54, 1.807) is 6.08 Å². The Morgan fingerprint density at radius 3 is 1.83 bits per heavy atom. The molecule has 1 amide bonds. The Balaban J connectivity index is 2.49. The summed E-state index contributed by atoms with van der Waals surface area (Å²) in [6.07, 6.45) is 37.7. The molecule has 6 N–H and O–H groups in total. The Hall–Kier alpha value is -2.63. The molecule has 1 aliphatic rings. The second-order valence-electron chi connectivity index (χ2n) is 13.3. The van der Waals surface area contributed by atoms with Gasteiger partial charge in [-0.15, -0.1) is 0 Å². The van der Waals surface area contributed by atoms with Gasteiger partial charge in [0.25, 0.3) is 0 Å². The van der Waals surface area contributed by atoms with Gasteiger partial charge in [-0.2, -0.15) is 0 Å². The third-order valence-corrected chi connectivity index (χ3v) is 8.68. The van der Waals surface area contributed by atoms with Gasteiger partial charge in [0.05, 0.1) is 25.4 Å². The monoisotopic (exact) mass is 730 g/mol. The third kappa shape index (κ3) is 23.8. The molecular formula is C43H71NO8. The Labute approximate surface area is 314 Å². The highest BCUT2D eigenvalue weighted by molar-refractivity contribution is 5.76. The normalized spacial score (nSPS) is 22.8. The molecule has 0 aromatic heterocycles. The third-order valence-electron chi connectivity index (χ3n) is 8.68. The lowest BCUT2D eigenvalue weighted by Gasteiger charge is -2.40. The molecule has 0 aromatic carbocycles. The zero-order valence-corrected chi connectivity index (χ0v) is 32.0. The number of hydrogen-bond donors (Lipinski definition) is 6. The number of rotatable bonds is 30. The van der Waals surface area contributed by atoms with E-state index in [1.807, 2.05) is 6.08 Å². The molecule has 9 nitrogen and oxygen atoms in total. The molecule has 9 heteroatoms. The minimum Gasteiger partial charge on any atom is -0.394 e. The summed E-state index contributed by atoms with van der Waals surface area (Å²) in [5, 5.41) is 53.9. The Morgan fingerprint density at radius 2 is 1.21 bits per heavy atom. The fraction of sp³-hybridized carbons (Fsp3) is 0.651. The molecule has 7 atom stereocenters. The van der Waals surface area contributed by atoms with E-state index in [0.717, 1.165) is 83.5 Å². The summed E-state index contributed by atoms with van der Waals surface area (Å²) < 4.78 is 11.1. The lowest BCUT2D eigenvalue weighted by molar-refractivity contribution is -0.302. The number of aliphatic hydroxyl groups excluding tert-OH is 5. The van der Waals surface area contributed by atoms with Crippen molar-refractivity contribution >= 4 is 5.91 Å². The minimum atomic E-state index is -1.58. The van der Waals surface area contributed by atoms with Gasteiger partial charge < -0.3 is 40.3 Å². The number of nitrogens with one attached hydrogen (secondary N) is 1. The molecule has 0 aliphatic carbocycles. The molecule has 1 aliphatic heterocycles. The van der Waals surface area contributed by atoms with Crippen LogP contribution in [0.25, 0.3) is 0 Å². The van der Waals surface area contributed by atoms with E-state index in [-0.39, 0.29) is 12.5 Å².